The van der Waals surface area contributed by atoms with Crippen LogP contribution in [0, 0.1) is 5.82 Å². The van der Waals surface area contributed by atoms with E-state index in [2.05, 4.69) is 4.98 Å². The molecule has 6 nitrogen and oxygen atoms in total. The van der Waals surface area contributed by atoms with Crippen LogP contribution >= 0.6 is 0 Å². The van der Waals surface area contributed by atoms with Gasteiger partial charge in [0.15, 0.2) is 5.76 Å². The van der Waals surface area contributed by atoms with E-state index in [0.29, 0.717) is 42.9 Å². The van der Waals surface area contributed by atoms with Crippen LogP contribution < -0.4 is 0 Å². The van der Waals surface area contributed by atoms with Gasteiger partial charge in [-0.25, -0.2) is 17.8 Å². The Hall–Kier alpha value is -2.76. The van der Waals surface area contributed by atoms with E-state index in [1.807, 2.05) is 4.90 Å². The van der Waals surface area contributed by atoms with Gasteiger partial charge in [-0.1, -0.05) is 6.07 Å². The molecule has 0 N–H and O–H groups in total. The smallest absolute Gasteiger partial charge is 0.416 e. The summed E-state index contributed by atoms with van der Waals surface area (Å²) >= 11 is 0. The van der Waals surface area contributed by atoms with Gasteiger partial charge in [0.1, 0.15) is 5.82 Å². The maximum absolute atomic E-state index is 13.1. The lowest BCUT2D eigenvalue weighted by molar-refractivity contribution is -0.137. The Morgan fingerprint density at radius 2 is 1.69 bits per heavy atom. The molecule has 32 heavy (non-hydrogen) atoms. The van der Waals surface area contributed by atoms with Gasteiger partial charge in [0.2, 0.25) is 15.9 Å². The molecule has 0 atom stereocenters. The fourth-order valence-corrected chi connectivity index (χ4v) is 4.90. The minimum absolute atomic E-state index is 0.129. The number of rotatable bonds is 5. The second-order valence-corrected chi connectivity index (χ2v) is 9.27. The van der Waals surface area contributed by atoms with E-state index in [-0.39, 0.29) is 23.8 Å². The summed E-state index contributed by atoms with van der Waals surface area (Å²) < 4.78 is 84.4. The Labute approximate surface area is 182 Å². The predicted octanol–water partition coefficient (Wildman–Crippen LogP) is 4.01. The molecule has 1 aromatic heterocycles. The lowest BCUT2D eigenvalue weighted by Crippen LogP contribution is -2.48. The second kappa shape index (κ2) is 8.64. The summed E-state index contributed by atoms with van der Waals surface area (Å²) in [5.74, 6) is 0.565. The molecular weight excluding hydrogens is 450 g/mol. The van der Waals surface area contributed by atoms with E-state index >= 15 is 0 Å². The minimum Gasteiger partial charge on any atom is -0.439 e. The summed E-state index contributed by atoms with van der Waals surface area (Å²) in [5, 5.41) is 0. The first-order valence-corrected chi connectivity index (χ1v) is 11.2. The molecule has 0 unspecified atom stereocenters. The highest BCUT2D eigenvalue weighted by Gasteiger charge is 2.34. The van der Waals surface area contributed by atoms with E-state index in [0.717, 1.165) is 12.1 Å². The van der Waals surface area contributed by atoms with Crippen LogP contribution in [0.3, 0.4) is 0 Å². The van der Waals surface area contributed by atoms with E-state index in [4.69, 9.17) is 4.42 Å². The Kier molecular flexibility index (Phi) is 6.06. The van der Waals surface area contributed by atoms with E-state index in [1.54, 1.807) is 12.1 Å². The van der Waals surface area contributed by atoms with Gasteiger partial charge in [-0.3, -0.25) is 4.90 Å². The lowest BCUT2D eigenvalue weighted by atomic mass is 10.2. The van der Waals surface area contributed by atoms with Gasteiger partial charge in [0.05, 0.1) is 23.2 Å². The van der Waals surface area contributed by atoms with Crippen molar-refractivity contribution >= 4 is 10.0 Å². The highest BCUT2D eigenvalue weighted by molar-refractivity contribution is 7.89. The summed E-state index contributed by atoms with van der Waals surface area (Å²) in [5.41, 5.74) is -0.319. The monoisotopic (exact) mass is 469 g/mol. The van der Waals surface area contributed by atoms with Crippen molar-refractivity contribution in [3.63, 3.8) is 0 Å². The Morgan fingerprint density at radius 3 is 2.34 bits per heavy atom. The zero-order valence-corrected chi connectivity index (χ0v) is 17.5. The lowest BCUT2D eigenvalue weighted by Gasteiger charge is -2.33. The molecule has 0 amide bonds. The van der Waals surface area contributed by atoms with E-state index in [9.17, 15) is 26.0 Å². The molecule has 11 heteroatoms. The number of sulfonamides is 1. The molecule has 4 rings (SSSR count). The van der Waals surface area contributed by atoms with Crippen LogP contribution in [0.4, 0.5) is 17.6 Å². The predicted molar refractivity (Wildman–Crippen MR) is 107 cm³/mol. The average molecular weight is 469 g/mol. The molecule has 1 aliphatic heterocycles. The Balaban J connectivity index is 1.39. The average Bonchev–Trinajstić information content (AvgIpc) is 3.22. The van der Waals surface area contributed by atoms with Gasteiger partial charge in [0, 0.05) is 31.7 Å². The van der Waals surface area contributed by atoms with Crippen molar-refractivity contribution in [2.24, 2.45) is 0 Å². The van der Waals surface area contributed by atoms with Crippen LogP contribution in [0.25, 0.3) is 11.3 Å². The summed E-state index contributed by atoms with van der Waals surface area (Å²) in [6.45, 7) is 1.34. The molecule has 170 valence electrons. The van der Waals surface area contributed by atoms with E-state index < -0.39 is 21.8 Å². The zero-order chi connectivity index (χ0) is 22.9. The van der Waals surface area contributed by atoms with Crippen molar-refractivity contribution < 1.29 is 30.4 Å². The molecule has 1 aliphatic rings. The number of hydrogen-bond donors (Lipinski definition) is 0. The maximum atomic E-state index is 13.1. The first-order chi connectivity index (χ1) is 15.1. The van der Waals surface area contributed by atoms with Crippen molar-refractivity contribution in [1.82, 2.24) is 14.2 Å². The topological polar surface area (TPSA) is 66.7 Å². The molecule has 0 spiro atoms. The van der Waals surface area contributed by atoms with E-state index in [1.165, 1.54) is 28.7 Å². The van der Waals surface area contributed by atoms with Crippen molar-refractivity contribution in [2.45, 2.75) is 17.6 Å². The third-order valence-electron chi connectivity index (χ3n) is 5.17. The van der Waals surface area contributed by atoms with Crippen LogP contribution in [0.5, 0.6) is 0 Å². The van der Waals surface area contributed by atoms with Gasteiger partial charge < -0.3 is 4.42 Å². The summed E-state index contributed by atoms with van der Waals surface area (Å²) in [7, 11) is -4.04. The fourth-order valence-electron chi connectivity index (χ4n) is 3.43. The number of alkyl halides is 3. The Morgan fingerprint density at radius 1 is 1.00 bits per heavy atom. The third-order valence-corrected chi connectivity index (χ3v) is 7.07. The number of piperazine rings is 1. The molecule has 1 fully saturated rings. The van der Waals surface area contributed by atoms with Crippen molar-refractivity contribution in [1.29, 1.82) is 0 Å². The molecule has 0 saturated carbocycles. The van der Waals surface area contributed by atoms with Crippen LogP contribution in [0.15, 0.2) is 64.0 Å². The van der Waals surface area contributed by atoms with Crippen LogP contribution in [0.2, 0.25) is 0 Å². The Bertz CT molecular complexity index is 1190. The normalized spacial score (nSPS) is 16.4. The number of oxazole rings is 1. The SMILES string of the molecule is O=S(=O)(c1cccc(C(F)(F)F)c1)N1CCN(Cc2ncc(-c3ccc(F)cc3)o2)CC1. The number of nitrogens with zero attached hydrogens (tertiary/aromatic N) is 3. The molecular formula is C21H19F4N3O3S. The maximum Gasteiger partial charge on any atom is 0.416 e. The van der Waals surface area contributed by atoms with Crippen LogP contribution in [-0.2, 0) is 22.7 Å². The van der Waals surface area contributed by atoms with Crippen molar-refractivity contribution in [3.05, 3.63) is 72.0 Å². The van der Waals surface area contributed by atoms with Gasteiger partial charge in [0.25, 0.3) is 0 Å². The summed E-state index contributed by atoms with van der Waals surface area (Å²) in [4.78, 5) is 5.78. The van der Waals surface area contributed by atoms with Crippen molar-refractivity contribution in [2.75, 3.05) is 26.2 Å². The van der Waals surface area contributed by atoms with Gasteiger partial charge in [-0.2, -0.15) is 17.5 Å². The molecule has 0 radical (unpaired) electrons. The van der Waals surface area contributed by atoms with Gasteiger partial charge in [-0.05, 0) is 42.5 Å². The highest BCUT2D eigenvalue weighted by Crippen LogP contribution is 2.31. The quantitative estimate of drug-likeness (QED) is 0.529. The fraction of sp³-hybridized carbons (Fsp3) is 0.286. The molecule has 3 aromatic rings. The van der Waals surface area contributed by atoms with Gasteiger partial charge >= 0.3 is 6.18 Å². The standard InChI is InChI=1S/C21H19F4N3O3S/c22-17-6-4-15(5-7-17)19-13-26-20(31-19)14-27-8-10-28(11-9-27)32(29,30)18-3-1-2-16(12-18)21(23,24)25/h1-7,12-13H,8-11,14H2. The minimum atomic E-state index is -4.62. The third kappa shape index (κ3) is 4.84. The first-order valence-electron chi connectivity index (χ1n) is 9.73. The van der Waals surface area contributed by atoms with Crippen molar-refractivity contribution in [3.8, 4) is 11.3 Å². The molecule has 2 heterocycles. The number of halogens is 4. The van der Waals surface area contributed by atoms with Crippen LogP contribution in [0.1, 0.15) is 11.5 Å². The van der Waals surface area contributed by atoms with Crippen LogP contribution in [-0.4, -0.2) is 48.8 Å². The number of hydrogen-bond acceptors (Lipinski definition) is 5. The van der Waals surface area contributed by atoms with Gasteiger partial charge in [-0.15, -0.1) is 0 Å². The summed E-state index contributed by atoms with van der Waals surface area (Å²) in [6, 6.07) is 9.56. The second-order valence-electron chi connectivity index (χ2n) is 7.33. The molecule has 2 aromatic carbocycles. The number of aromatic nitrogens is 1. The molecule has 1 saturated heterocycles. The zero-order valence-electron chi connectivity index (χ0n) is 16.7. The summed E-state index contributed by atoms with van der Waals surface area (Å²) in [6.07, 6.45) is -3.08. The highest BCUT2D eigenvalue weighted by atomic mass is 32.2. The molecule has 0 bridgehead atoms. The largest absolute Gasteiger partial charge is 0.439 e. The first kappa shape index (κ1) is 22.4. The molecule has 0 aliphatic carbocycles. The number of benzene rings is 2.